The Hall–Kier alpha value is -2.30. The van der Waals surface area contributed by atoms with Gasteiger partial charge in [0, 0.05) is 23.8 Å². The molecule has 1 aromatic rings. The summed E-state index contributed by atoms with van der Waals surface area (Å²) in [5, 5.41) is 0. The molecule has 0 saturated carbocycles. The van der Waals surface area contributed by atoms with Crippen molar-refractivity contribution in [3.63, 3.8) is 0 Å². The summed E-state index contributed by atoms with van der Waals surface area (Å²) in [6, 6.07) is 6.79. The molecule has 0 atom stereocenters. The van der Waals surface area contributed by atoms with E-state index in [0.717, 1.165) is 18.5 Å². The quantitative estimate of drug-likeness (QED) is 0.806. The van der Waals surface area contributed by atoms with Gasteiger partial charge in [-0.15, -0.1) is 0 Å². The lowest BCUT2D eigenvalue weighted by atomic mass is 10.0. The molecule has 0 aliphatic heterocycles. The first-order valence-corrected chi connectivity index (χ1v) is 6.13. The van der Waals surface area contributed by atoms with Crippen molar-refractivity contribution in [2.75, 3.05) is 7.11 Å². The molecular formula is C14H16N2O3. The van der Waals surface area contributed by atoms with Crippen molar-refractivity contribution >= 4 is 11.7 Å². The third-order valence-electron chi connectivity index (χ3n) is 2.89. The van der Waals surface area contributed by atoms with E-state index in [4.69, 9.17) is 4.74 Å². The van der Waals surface area contributed by atoms with Crippen LogP contribution >= 0.6 is 0 Å². The molecule has 0 unspecified atom stereocenters. The average molecular weight is 260 g/mol. The van der Waals surface area contributed by atoms with Crippen LogP contribution in [0.2, 0.25) is 0 Å². The van der Waals surface area contributed by atoms with Gasteiger partial charge in [-0.2, -0.15) is 0 Å². The van der Waals surface area contributed by atoms with Crippen LogP contribution in [-0.2, 0) is 4.79 Å². The summed E-state index contributed by atoms with van der Waals surface area (Å²) in [7, 11) is 1.57. The van der Waals surface area contributed by atoms with Crippen LogP contribution in [-0.4, -0.2) is 18.8 Å². The molecule has 0 spiro atoms. The van der Waals surface area contributed by atoms with Crippen molar-refractivity contribution in [1.29, 1.82) is 0 Å². The molecule has 1 aliphatic rings. The first kappa shape index (κ1) is 13.1. The molecule has 1 aromatic carbocycles. The van der Waals surface area contributed by atoms with E-state index in [1.54, 1.807) is 31.4 Å². The molecule has 1 aliphatic carbocycles. The average Bonchev–Trinajstić information content (AvgIpc) is 2.45. The number of carbonyl (C=O) groups is 2. The Labute approximate surface area is 111 Å². The van der Waals surface area contributed by atoms with Gasteiger partial charge in [0.1, 0.15) is 5.75 Å². The van der Waals surface area contributed by atoms with E-state index < -0.39 is 0 Å². The van der Waals surface area contributed by atoms with Crippen LogP contribution < -0.4 is 15.6 Å². The second-order valence-corrected chi connectivity index (χ2v) is 4.30. The van der Waals surface area contributed by atoms with Crippen LogP contribution in [0.15, 0.2) is 36.0 Å². The van der Waals surface area contributed by atoms with Crippen molar-refractivity contribution in [3.8, 4) is 5.75 Å². The van der Waals surface area contributed by atoms with Crippen molar-refractivity contribution in [2.45, 2.75) is 19.3 Å². The van der Waals surface area contributed by atoms with Crippen molar-refractivity contribution in [2.24, 2.45) is 0 Å². The number of amides is 1. The molecule has 2 rings (SSSR count). The van der Waals surface area contributed by atoms with E-state index in [0.29, 0.717) is 17.7 Å². The normalized spacial score (nSPS) is 14.6. The van der Waals surface area contributed by atoms with Crippen LogP contribution in [0.5, 0.6) is 5.75 Å². The fraction of sp³-hybridized carbons (Fsp3) is 0.286. The summed E-state index contributed by atoms with van der Waals surface area (Å²) in [6.07, 6.45) is 3.71. The van der Waals surface area contributed by atoms with Crippen LogP contribution in [0.25, 0.3) is 0 Å². The van der Waals surface area contributed by atoms with Crippen LogP contribution in [0.3, 0.4) is 0 Å². The van der Waals surface area contributed by atoms with Crippen molar-refractivity contribution in [1.82, 2.24) is 10.9 Å². The van der Waals surface area contributed by atoms with Crippen molar-refractivity contribution < 1.29 is 14.3 Å². The highest BCUT2D eigenvalue weighted by atomic mass is 16.5. The monoisotopic (exact) mass is 260 g/mol. The minimum absolute atomic E-state index is 0.0902. The molecule has 0 bridgehead atoms. The first-order valence-electron chi connectivity index (χ1n) is 6.13. The van der Waals surface area contributed by atoms with Gasteiger partial charge < -0.3 is 10.2 Å². The lowest BCUT2D eigenvalue weighted by Crippen LogP contribution is -2.37. The van der Waals surface area contributed by atoms with Gasteiger partial charge in [-0.3, -0.25) is 15.0 Å². The Balaban J connectivity index is 1.91. The van der Waals surface area contributed by atoms with Gasteiger partial charge in [0.15, 0.2) is 5.78 Å². The molecule has 1 amide bonds. The van der Waals surface area contributed by atoms with E-state index in [-0.39, 0.29) is 11.7 Å². The fourth-order valence-electron chi connectivity index (χ4n) is 1.84. The summed E-state index contributed by atoms with van der Waals surface area (Å²) in [5.41, 5.74) is 6.64. The SMILES string of the molecule is COc1ccc(C(=O)NNC2=CC(=O)CCC2)cc1. The van der Waals surface area contributed by atoms with E-state index in [1.165, 1.54) is 6.08 Å². The summed E-state index contributed by atoms with van der Waals surface area (Å²) in [4.78, 5) is 23.1. The number of nitrogens with one attached hydrogen (secondary N) is 2. The topological polar surface area (TPSA) is 67.4 Å². The van der Waals surface area contributed by atoms with Gasteiger partial charge in [0.25, 0.3) is 5.91 Å². The molecule has 100 valence electrons. The molecule has 19 heavy (non-hydrogen) atoms. The maximum Gasteiger partial charge on any atom is 0.269 e. The van der Waals surface area contributed by atoms with Gasteiger partial charge in [0.2, 0.25) is 0 Å². The van der Waals surface area contributed by atoms with Gasteiger partial charge in [-0.1, -0.05) is 0 Å². The Bertz CT molecular complexity index is 506. The summed E-state index contributed by atoms with van der Waals surface area (Å²) in [6.45, 7) is 0. The lowest BCUT2D eigenvalue weighted by molar-refractivity contribution is -0.115. The molecule has 0 heterocycles. The zero-order valence-corrected chi connectivity index (χ0v) is 10.7. The number of methoxy groups -OCH3 is 1. The van der Waals surface area contributed by atoms with Crippen LogP contribution in [0.4, 0.5) is 0 Å². The molecule has 0 radical (unpaired) electrons. The number of hydrazine groups is 1. The molecular weight excluding hydrogens is 244 g/mol. The predicted octanol–water partition coefficient (Wildman–Crippen LogP) is 1.57. The molecule has 5 nitrogen and oxygen atoms in total. The number of ether oxygens (including phenoxy) is 1. The number of ketones is 1. The maximum absolute atomic E-state index is 11.8. The Morgan fingerprint density at radius 2 is 1.95 bits per heavy atom. The molecule has 2 N–H and O–H groups in total. The summed E-state index contributed by atoms with van der Waals surface area (Å²) >= 11 is 0. The van der Waals surface area contributed by atoms with Gasteiger partial charge >= 0.3 is 0 Å². The van der Waals surface area contributed by atoms with E-state index >= 15 is 0 Å². The first-order chi connectivity index (χ1) is 9.19. The third-order valence-corrected chi connectivity index (χ3v) is 2.89. The lowest BCUT2D eigenvalue weighted by Gasteiger charge is -2.15. The van der Waals surface area contributed by atoms with Gasteiger partial charge in [-0.25, -0.2) is 0 Å². The van der Waals surface area contributed by atoms with E-state index in [1.807, 2.05) is 0 Å². The van der Waals surface area contributed by atoms with Crippen LogP contribution in [0, 0.1) is 0 Å². The number of carbonyl (C=O) groups excluding carboxylic acids is 2. The van der Waals surface area contributed by atoms with Gasteiger partial charge in [0.05, 0.1) is 7.11 Å². The second kappa shape index (κ2) is 6.04. The number of hydrogen-bond donors (Lipinski definition) is 2. The highest BCUT2D eigenvalue weighted by molar-refractivity contribution is 5.94. The third kappa shape index (κ3) is 3.58. The highest BCUT2D eigenvalue weighted by Gasteiger charge is 2.11. The van der Waals surface area contributed by atoms with Crippen molar-refractivity contribution in [3.05, 3.63) is 41.6 Å². The Kier molecular flexibility index (Phi) is 4.18. The second-order valence-electron chi connectivity index (χ2n) is 4.30. The summed E-state index contributed by atoms with van der Waals surface area (Å²) < 4.78 is 5.02. The minimum atomic E-state index is -0.249. The molecule has 0 saturated heterocycles. The number of rotatable bonds is 4. The predicted molar refractivity (Wildman–Crippen MR) is 70.5 cm³/mol. The zero-order chi connectivity index (χ0) is 13.7. The minimum Gasteiger partial charge on any atom is -0.497 e. The Morgan fingerprint density at radius 3 is 2.58 bits per heavy atom. The smallest absolute Gasteiger partial charge is 0.269 e. The Morgan fingerprint density at radius 1 is 1.21 bits per heavy atom. The van der Waals surface area contributed by atoms with Crippen LogP contribution in [0.1, 0.15) is 29.6 Å². The molecule has 0 fully saturated rings. The molecule has 5 heteroatoms. The highest BCUT2D eigenvalue weighted by Crippen LogP contribution is 2.13. The standard InChI is InChI=1S/C14H16N2O3/c1-19-13-7-5-10(6-8-13)14(18)16-15-11-3-2-4-12(17)9-11/h5-9,15H,2-4H2,1H3,(H,16,18). The van der Waals surface area contributed by atoms with E-state index in [2.05, 4.69) is 10.9 Å². The van der Waals surface area contributed by atoms with Gasteiger partial charge in [-0.05, 0) is 37.1 Å². The number of allylic oxidation sites excluding steroid dienone is 2. The van der Waals surface area contributed by atoms with E-state index in [9.17, 15) is 9.59 Å². The zero-order valence-electron chi connectivity index (χ0n) is 10.7. The maximum atomic E-state index is 11.8. The fourth-order valence-corrected chi connectivity index (χ4v) is 1.84. The number of hydrogen-bond acceptors (Lipinski definition) is 4. The largest absolute Gasteiger partial charge is 0.497 e. The number of benzene rings is 1. The molecule has 0 aromatic heterocycles. The summed E-state index contributed by atoms with van der Waals surface area (Å²) in [5.74, 6) is 0.541.